The maximum absolute atomic E-state index is 12.4. The normalized spacial score (nSPS) is 14.4. The molecule has 3 nitrogen and oxygen atoms in total. The first kappa shape index (κ1) is 22.6. The number of nitrogens with zero attached hydrogens (tertiary/aromatic N) is 1. The van der Waals surface area contributed by atoms with E-state index in [9.17, 15) is 4.79 Å². The van der Waals surface area contributed by atoms with Gasteiger partial charge in [-0.15, -0.1) is 0 Å². The van der Waals surface area contributed by atoms with E-state index < -0.39 is 0 Å². The van der Waals surface area contributed by atoms with Crippen LogP contribution in [0, 0.1) is 0 Å². The quantitative estimate of drug-likeness (QED) is 0.729. The number of rotatable bonds is 3. The lowest BCUT2D eigenvalue weighted by molar-refractivity contribution is 0.0351. The Labute approximate surface area is 149 Å². The molecule has 138 valence electrons. The van der Waals surface area contributed by atoms with Crippen molar-refractivity contribution in [2.24, 2.45) is 0 Å². The fourth-order valence-electron chi connectivity index (χ4n) is 2.49. The lowest BCUT2D eigenvalue weighted by Crippen LogP contribution is -2.40. The van der Waals surface area contributed by atoms with Gasteiger partial charge in [-0.3, -0.25) is 4.79 Å². The maximum atomic E-state index is 12.4. The zero-order chi connectivity index (χ0) is 18.5. The van der Waals surface area contributed by atoms with Crippen molar-refractivity contribution in [1.82, 2.24) is 4.90 Å². The summed E-state index contributed by atoms with van der Waals surface area (Å²) in [6, 6.07) is 8.00. The van der Waals surface area contributed by atoms with Crippen LogP contribution in [-0.2, 0) is 4.74 Å². The number of amides is 1. The number of benzene rings is 1. The summed E-state index contributed by atoms with van der Waals surface area (Å²) < 4.78 is 5.33. The molecule has 0 aromatic heterocycles. The van der Waals surface area contributed by atoms with Gasteiger partial charge in [-0.05, 0) is 36.5 Å². The minimum atomic E-state index is 0.143. The molecular formula is C21H37NO2. The van der Waals surface area contributed by atoms with Crippen molar-refractivity contribution in [3.8, 4) is 0 Å². The molecule has 24 heavy (non-hydrogen) atoms. The van der Waals surface area contributed by atoms with E-state index in [1.807, 2.05) is 30.9 Å². The molecule has 1 fully saturated rings. The molecule has 0 bridgehead atoms. The summed E-state index contributed by atoms with van der Waals surface area (Å²) in [5.74, 6) is 0.645. The average Bonchev–Trinajstić information content (AvgIpc) is 2.63. The van der Waals surface area contributed by atoms with Crippen LogP contribution in [0.5, 0.6) is 0 Å². The summed E-state index contributed by atoms with van der Waals surface area (Å²) in [4.78, 5) is 14.3. The largest absolute Gasteiger partial charge is 0.381 e. The second-order valence-corrected chi connectivity index (χ2v) is 6.21. The van der Waals surface area contributed by atoms with Gasteiger partial charge in [-0.25, -0.2) is 0 Å². The van der Waals surface area contributed by atoms with Gasteiger partial charge in [-0.1, -0.05) is 60.1 Å². The van der Waals surface area contributed by atoms with Crippen LogP contribution in [0.2, 0.25) is 0 Å². The SMILES string of the molecule is CC.CCC.COC1CCN(C(=O)c2ccc(C(C)C)cc2)CC1. The van der Waals surface area contributed by atoms with Crippen LogP contribution in [0.3, 0.4) is 0 Å². The lowest BCUT2D eigenvalue weighted by Gasteiger charge is -2.31. The summed E-state index contributed by atoms with van der Waals surface area (Å²) in [5.41, 5.74) is 2.06. The van der Waals surface area contributed by atoms with Crippen LogP contribution in [-0.4, -0.2) is 37.1 Å². The van der Waals surface area contributed by atoms with E-state index in [1.54, 1.807) is 7.11 Å². The third kappa shape index (κ3) is 7.48. The van der Waals surface area contributed by atoms with Gasteiger partial charge in [-0.2, -0.15) is 0 Å². The van der Waals surface area contributed by atoms with Crippen molar-refractivity contribution in [3.63, 3.8) is 0 Å². The van der Waals surface area contributed by atoms with Crippen molar-refractivity contribution in [1.29, 1.82) is 0 Å². The number of likely N-dealkylation sites (tertiary alicyclic amines) is 1. The van der Waals surface area contributed by atoms with Crippen molar-refractivity contribution in [2.75, 3.05) is 20.2 Å². The number of hydrogen-bond donors (Lipinski definition) is 0. The Balaban J connectivity index is 0.000000952. The molecule has 1 saturated heterocycles. The van der Waals surface area contributed by atoms with E-state index in [0.717, 1.165) is 31.5 Å². The molecule has 3 heteroatoms. The van der Waals surface area contributed by atoms with Crippen LogP contribution in [0.25, 0.3) is 0 Å². The molecule has 0 saturated carbocycles. The zero-order valence-corrected chi connectivity index (χ0v) is 16.8. The topological polar surface area (TPSA) is 29.5 Å². The Morgan fingerprint density at radius 3 is 1.96 bits per heavy atom. The van der Waals surface area contributed by atoms with Crippen LogP contribution < -0.4 is 0 Å². The van der Waals surface area contributed by atoms with Gasteiger partial charge >= 0.3 is 0 Å². The van der Waals surface area contributed by atoms with Crippen LogP contribution >= 0.6 is 0 Å². The summed E-state index contributed by atoms with van der Waals surface area (Å²) >= 11 is 0. The van der Waals surface area contributed by atoms with Gasteiger partial charge in [0.2, 0.25) is 0 Å². The van der Waals surface area contributed by atoms with E-state index >= 15 is 0 Å². The van der Waals surface area contributed by atoms with E-state index in [1.165, 1.54) is 12.0 Å². The van der Waals surface area contributed by atoms with Crippen molar-refractivity contribution in [3.05, 3.63) is 35.4 Å². The molecular weight excluding hydrogens is 298 g/mol. The molecule has 0 spiro atoms. The van der Waals surface area contributed by atoms with Gasteiger partial charge in [0.05, 0.1) is 6.10 Å². The molecule has 0 radical (unpaired) electrons. The monoisotopic (exact) mass is 335 g/mol. The average molecular weight is 336 g/mol. The number of ether oxygens (including phenoxy) is 1. The highest BCUT2D eigenvalue weighted by Crippen LogP contribution is 2.18. The van der Waals surface area contributed by atoms with Gasteiger partial charge in [0.1, 0.15) is 0 Å². The zero-order valence-electron chi connectivity index (χ0n) is 16.8. The van der Waals surface area contributed by atoms with Crippen molar-refractivity contribution < 1.29 is 9.53 Å². The van der Waals surface area contributed by atoms with Gasteiger partial charge in [0, 0.05) is 25.8 Å². The van der Waals surface area contributed by atoms with E-state index in [4.69, 9.17) is 4.74 Å². The molecule has 1 aromatic rings. The molecule has 0 atom stereocenters. The highest BCUT2D eigenvalue weighted by molar-refractivity contribution is 5.94. The second kappa shape index (κ2) is 13.0. The Morgan fingerprint density at radius 2 is 1.58 bits per heavy atom. The molecule has 1 aromatic carbocycles. The number of piperidine rings is 1. The fourth-order valence-corrected chi connectivity index (χ4v) is 2.49. The maximum Gasteiger partial charge on any atom is 0.253 e. The number of carbonyl (C=O) groups is 1. The Bertz CT molecular complexity index is 432. The first-order chi connectivity index (χ1) is 11.5. The number of carbonyl (C=O) groups excluding carboxylic acids is 1. The van der Waals surface area contributed by atoms with Crippen LogP contribution in [0.4, 0.5) is 0 Å². The summed E-state index contributed by atoms with van der Waals surface area (Å²) in [5, 5.41) is 0. The first-order valence-corrected chi connectivity index (χ1v) is 9.45. The molecule has 1 aliphatic heterocycles. The molecule has 0 N–H and O–H groups in total. The predicted molar refractivity (Wildman–Crippen MR) is 104 cm³/mol. The van der Waals surface area contributed by atoms with Crippen LogP contribution in [0.1, 0.15) is 82.6 Å². The molecule has 1 amide bonds. The second-order valence-electron chi connectivity index (χ2n) is 6.21. The molecule has 1 heterocycles. The van der Waals surface area contributed by atoms with E-state index in [-0.39, 0.29) is 5.91 Å². The summed E-state index contributed by atoms with van der Waals surface area (Å²) in [6.07, 6.45) is 3.44. The highest BCUT2D eigenvalue weighted by atomic mass is 16.5. The molecule has 0 unspecified atom stereocenters. The minimum absolute atomic E-state index is 0.143. The lowest BCUT2D eigenvalue weighted by atomic mass is 10.0. The molecule has 1 aliphatic rings. The van der Waals surface area contributed by atoms with E-state index in [0.29, 0.717) is 12.0 Å². The predicted octanol–water partition coefficient (Wildman–Crippen LogP) is 5.50. The number of hydrogen-bond acceptors (Lipinski definition) is 2. The smallest absolute Gasteiger partial charge is 0.253 e. The third-order valence-corrected chi connectivity index (χ3v) is 3.89. The fraction of sp³-hybridized carbons (Fsp3) is 0.667. The molecule has 0 aliphatic carbocycles. The Morgan fingerprint density at radius 1 is 1.12 bits per heavy atom. The Kier molecular flexibility index (Phi) is 12.3. The van der Waals surface area contributed by atoms with Crippen LogP contribution in [0.15, 0.2) is 24.3 Å². The van der Waals surface area contributed by atoms with Gasteiger partial charge in [0.25, 0.3) is 5.91 Å². The van der Waals surface area contributed by atoms with Crippen molar-refractivity contribution in [2.45, 2.75) is 72.8 Å². The number of methoxy groups -OCH3 is 1. The standard InChI is InChI=1S/C16H23NO2.C3H8.C2H6/c1-12(2)13-4-6-14(7-5-13)16(18)17-10-8-15(19-3)9-11-17;1-3-2;1-2/h4-7,12,15H,8-11H2,1-3H3;3H2,1-2H3;1-2H3. The van der Waals surface area contributed by atoms with Gasteiger partial charge in [0.15, 0.2) is 0 Å². The van der Waals surface area contributed by atoms with E-state index in [2.05, 4.69) is 39.8 Å². The highest BCUT2D eigenvalue weighted by Gasteiger charge is 2.23. The van der Waals surface area contributed by atoms with Crippen molar-refractivity contribution >= 4 is 5.91 Å². The molecule has 2 rings (SSSR count). The Hall–Kier alpha value is -1.35. The third-order valence-electron chi connectivity index (χ3n) is 3.89. The summed E-state index contributed by atoms with van der Waals surface area (Å²) in [6.45, 7) is 14.2. The first-order valence-electron chi connectivity index (χ1n) is 9.45. The van der Waals surface area contributed by atoms with Gasteiger partial charge < -0.3 is 9.64 Å². The minimum Gasteiger partial charge on any atom is -0.381 e. The summed E-state index contributed by atoms with van der Waals surface area (Å²) in [7, 11) is 1.74.